The van der Waals surface area contributed by atoms with Crippen LogP contribution in [0.1, 0.15) is 19.3 Å². The monoisotopic (exact) mass is 141 g/mol. The van der Waals surface area contributed by atoms with Crippen molar-refractivity contribution in [2.45, 2.75) is 31.5 Å². The van der Waals surface area contributed by atoms with E-state index in [1.165, 1.54) is 0 Å². The van der Waals surface area contributed by atoms with E-state index in [1.807, 2.05) is 6.07 Å². The van der Waals surface area contributed by atoms with Crippen LogP contribution in [-0.4, -0.2) is 22.4 Å². The predicted octanol–water partition coefficient (Wildman–Crippen LogP) is 0.0319. The van der Waals surface area contributed by atoms with E-state index in [2.05, 4.69) is 0 Å². The largest absolute Gasteiger partial charge is 0.392 e. The molecule has 1 fully saturated rings. The second-order valence-corrected chi connectivity index (χ2v) is 2.72. The molecule has 0 aromatic heterocycles. The maximum atomic E-state index is 9.16. The van der Waals surface area contributed by atoms with Gasteiger partial charge < -0.3 is 10.2 Å². The van der Waals surface area contributed by atoms with Gasteiger partial charge in [0.25, 0.3) is 0 Å². The van der Waals surface area contributed by atoms with Gasteiger partial charge in [-0.25, -0.2) is 0 Å². The molecule has 0 spiro atoms. The van der Waals surface area contributed by atoms with Gasteiger partial charge in [0.1, 0.15) is 0 Å². The lowest BCUT2D eigenvalue weighted by atomic mass is 9.85. The highest BCUT2D eigenvalue weighted by molar-refractivity contribution is 4.95. The highest BCUT2D eigenvalue weighted by Crippen LogP contribution is 2.23. The van der Waals surface area contributed by atoms with Crippen LogP contribution in [0.4, 0.5) is 0 Å². The molecule has 0 aromatic rings. The SMILES string of the molecule is N#CC1C(O)CCCC1O. The molecule has 1 aliphatic rings. The molecule has 56 valence electrons. The molecule has 2 N–H and O–H groups in total. The van der Waals surface area contributed by atoms with Crippen molar-refractivity contribution in [2.24, 2.45) is 5.92 Å². The number of hydrogen-bond acceptors (Lipinski definition) is 3. The van der Waals surface area contributed by atoms with E-state index >= 15 is 0 Å². The molecule has 0 heterocycles. The molecule has 2 unspecified atom stereocenters. The van der Waals surface area contributed by atoms with E-state index in [-0.39, 0.29) is 0 Å². The number of hydrogen-bond donors (Lipinski definition) is 2. The summed E-state index contributed by atoms with van der Waals surface area (Å²) in [6, 6.07) is 1.90. The first kappa shape index (κ1) is 7.52. The smallest absolute Gasteiger partial charge is 0.0980 e. The van der Waals surface area contributed by atoms with Gasteiger partial charge in [0.2, 0.25) is 0 Å². The second-order valence-electron chi connectivity index (χ2n) is 2.72. The van der Waals surface area contributed by atoms with Crippen molar-refractivity contribution in [1.82, 2.24) is 0 Å². The van der Waals surface area contributed by atoms with Crippen LogP contribution in [-0.2, 0) is 0 Å². The van der Waals surface area contributed by atoms with Gasteiger partial charge in [-0.2, -0.15) is 5.26 Å². The Morgan fingerprint density at radius 2 is 1.70 bits per heavy atom. The van der Waals surface area contributed by atoms with E-state index < -0.39 is 18.1 Å². The van der Waals surface area contributed by atoms with Gasteiger partial charge in [0, 0.05) is 0 Å². The van der Waals surface area contributed by atoms with Crippen LogP contribution in [0.2, 0.25) is 0 Å². The van der Waals surface area contributed by atoms with Gasteiger partial charge in [-0.05, 0) is 19.3 Å². The maximum Gasteiger partial charge on any atom is 0.0980 e. The zero-order valence-corrected chi connectivity index (χ0v) is 5.70. The molecular weight excluding hydrogens is 130 g/mol. The van der Waals surface area contributed by atoms with E-state index in [9.17, 15) is 0 Å². The summed E-state index contributed by atoms with van der Waals surface area (Å²) < 4.78 is 0. The summed E-state index contributed by atoms with van der Waals surface area (Å²) >= 11 is 0. The first-order valence-electron chi connectivity index (χ1n) is 3.51. The minimum atomic E-state index is -0.617. The average molecular weight is 141 g/mol. The third-order valence-electron chi connectivity index (χ3n) is 1.98. The number of nitrogens with zero attached hydrogens (tertiary/aromatic N) is 1. The van der Waals surface area contributed by atoms with Crippen molar-refractivity contribution in [3.05, 3.63) is 0 Å². The molecule has 0 bridgehead atoms. The average Bonchev–Trinajstić information content (AvgIpc) is 1.88. The summed E-state index contributed by atoms with van der Waals surface area (Å²) in [7, 11) is 0. The fourth-order valence-electron chi connectivity index (χ4n) is 1.32. The molecule has 1 saturated carbocycles. The standard InChI is InChI=1S/C7H11NO2/c8-4-5-6(9)2-1-3-7(5)10/h5-7,9-10H,1-3H2. The highest BCUT2D eigenvalue weighted by Gasteiger charge is 2.30. The summed E-state index contributed by atoms with van der Waals surface area (Å²) in [5.41, 5.74) is 0. The molecule has 0 radical (unpaired) electrons. The molecule has 3 heteroatoms. The molecule has 1 aliphatic carbocycles. The lowest BCUT2D eigenvalue weighted by Gasteiger charge is -2.26. The van der Waals surface area contributed by atoms with Gasteiger partial charge in [-0.1, -0.05) is 0 Å². The summed E-state index contributed by atoms with van der Waals surface area (Å²) in [6.07, 6.45) is 0.882. The van der Waals surface area contributed by atoms with Gasteiger partial charge in [0.15, 0.2) is 0 Å². The Kier molecular flexibility index (Phi) is 2.25. The van der Waals surface area contributed by atoms with Gasteiger partial charge >= 0.3 is 0 Å². The Balaban J connectivity index is 2.56. The summed E-state index contributed by atoms with van der Waals surface area (Å²) in [4.78, 5) is 0. The molecule has 3 nitrogen and oxygen atoms in total. The fraction of sp³-hybridized carbons (Fsp3) is 0.857. The zero-order valence-electron chi connectivity index (χ0n) is 5.70. The van der Waals surface area contributed by atoms with Crippen molar-refractivity contribution >= 4 is 0 Å². The van der Waals surface area contributed by atoms with Crippen molar-refractivity contribution in [3.63, 3.8) is 0 Å². The lowest BCUT2D eigenvalue weighted by Crippen LogP contribution is -2.34. The van der Waals surface area contributed by atoms with Crippen molar-refractivity contribution in [2.75, 3.05) is 0 Å². The quantitative estimate of drug-likeness (QED) is 0.500. The van der Waals surface area contributed by atoms with E-state index in [4.69, 9.17) is 15.5 Å². The van der Waals surface area contributed by atoms with Crippen molar-refractivity contribution in [1.29, 1.82) is 5.26 Å². The molecule has 1 rings (SSSR count). The lowest BCUT2D eigenvalue weighted by molar-refractivity contribution is 0.00294. The predicted molar refractivity (Wildman–Crippen MR) is 35.0 cm³/mol. The second kappa shape index (κ2) is 3.00. The van der Waals surface area contributed by atoms with Crippen LogP contribution in [0, 0.1) is 17.2 Å². The summed E-state index contributed by atoms with van der Waals surface area (Å²) in [5.74, 6) is -0.561. The van der Waals surface area contributed by atoms with Crippen LogP contribution >= 0.6 is 0 Å². The van der Waals surface area contributed by atoms with Crippen molar-refractivity contribution in [3.8, 4) is 6.07 Å². The third kappa shape index (κ3) is 1.28. The summed E-state index contributed by atoms with van der Waals surface area (Å²) in [6.45, 7) is 0. The van der Waals surface area contributed by atoms with Gasteiger partial charge in [0.05, 0.1) is 24.2 Å². The number of aliphatic hydroxyl groups excluding tert-OH is 2. The number of nitriles is 1. The van der Waals surface area contributed by atoms with E-state index in [1.54, 1.807) is 0 Å². The van der Waals surface area contributed by atoms with Crippen LogP contribution in [0.25, 0.3) is 0 Å². The van der Waals surface area contributed by atoms with Gasteiger partial charge in [-0.3, -0.25) is 0 Å². The van der Waals surface area contributed by atoms with Crippen LogP contribution in [0.5, 0.6) is 0 Å². The first-order valence-corrected chi connectivity index (χ1v) is 3.51. The number of rotatable bonds is 0. The minimum Gasteiger partial charge on any atom is -0.392 e. The van der Waals surface area contributed by atoms with E-state index in [0.717, 1.165) is 6.42 Å². The number of aliphatic hydroxyl groups is 2. The topological polar surface area (TPSA) is 64.2 Å². The highest BCUT2D eigenvalue weighted by atomic mass is 16.3. The normalized spacial score (nSPS) is 40.7. The summed E-state index contributed by atoms with van der Waals surface area (Å²) in [5, 5.41) is 26.8. The van der Waals surface area contributed by atoms with Crippen LogP contribution < -0.4 is 0 Å². The third-order valence-corrected chi connectivity index (χ3v) is 1.98. The Morgan fingerprint density at radius 1 is 1.20 bits per heavy atom. The maximum absolute atomic E-state index is 9.16. The fourth-order valence-corrected chi connectivity index (χ4v) is 1.32. The molecule has 0 saturated heterocycles. The minimum absolute atomic E-state index is 0.561. The molecule has 0 aliphatic heterocycles. The molecule has 0 aromatic carbocycles. The molecule has 2 atom stereocenters. The Morgan fingerprint density at radius 3 is 2.00 bits per heavy atom. The van der Waals surface area contributed by atoms with Crippen LogP contribution in [0.15, 0.2) is 0 Å². The Bertz CT molecular complexity index is 142. The molecular formula is C7H11NO2. The van der Waals surface area contributed by atoms with Crippen molar-refractivity contribution < 1.29 is 10.2 Å². The Labute approximate surface area is 59.9 Å². The molecule has 0 amide bonds. The molecule has 10 heavy (non-hydrogen) atoms. The van der Waals surface area contributed by atoms with Gasteiger partial charge in [-0.15, -0.1) is 0 Å². The Hall–Kier alpha value is -0.590. The van der Waals surface area contributed by atoms with E-state index in [0.29, 0.717) is 12.8 Å². The first-order chi connectivity index (χ1) is 4.75. The zero-order chi connectivity index (χ0) is 7.56. The van der Waals surface area contributed by atoms with Crippen LogP contribution in [0.3, 0.4) is 0 Å².